The van der Waals surface area contributed by atoms with Crippen LogP contribution in [0.5, 0.6) is 5.75 Å². The van der Waals surface area contributed by atoms with E-state index < -0.39 is 0 Å². The number of carbonyl (C=O) groups is 3. The number of ether oxygens (including phenoxy) is 1. The topological polar surface area (TPSA) is 70.2 Å². The van der Waals surface area contributed by atoms with Gasteiger partial charge >= 0.3 is 0 Å². The zero-order valence-electron chi connectivity index (χ0n) is 20.8. The summed E-state index contributed by atoms with van der Waals surface area (Å²) in [7, 11) is 1.61. The van der Waals surface area contributed by atoms with Crippen molar-refractivity contribution in [2.24, 2.45) is 5.92 Å². The molecule has 0 radical (unpaired) electrons. The zero-order valence-corrected chi connectivity index (χ0v) is 20.8. The molecule has 4 rings (SSSR count). The van der Waals surface area contributed by atoms with Crippen molar-refractivity contribution in [2.45, 2.75) is 19.3 Å². The average Bonchev–Trinajstić information content (AvgIpc) is 3.16. The highest BCUT2D eigenvalue weighted by Gasteiger charge is 2.39. The number of fused-ring (bicyclic) bond motifs is 1. The van der Waals surface area contributed by atoms with E-state index in [1.54, 1.807) is 30.2 Å². The lowest BCUT2D eigenvalue weighted by atomic mass is 9.94. The van der Waals surface area contributed by atoms with Crippen LogP contribution in [-0.4, -0.2) is 67.4 Å². The molecule has 0 bridgehead atoms. The van der Waals surface area contributed by atoms with Crippen LogP contribution >= 0.6 is 0 Å². The number of hydrogen-bond acceptors (Lipinski definition) is 5. The summed E-state index contributed by atoms with van der Waals surface area (Å²) >= 11 is 0. The fourth-order valence-electron chi connectivity index (χ4n) is 5.15. The largest absolute Gasteiger partial charge is 0.496 e. The Balaban J connectivity index is 1.53. The van der Waals surface area contributed by atoms with E-state index in [9.17, 15) is 14.4 Å². The standard InChI is InChI=1S/C29H33N3O4/c1-4-16-30(17-5-2)27(33)22-11-9-18-31(20-22)24-13-8-12-23-26(24)29(35)32(28(23)34)19-15-21-10-6-7-14-25(21)36-3/h4-8,10,12-14,22H,1-2,9,11,15-20H2,3H3/t22-/m0/s1. The lowest BCUT2D eigenvalue weighted by molar-refractivity contribution is -0.134. The van der Waals surface area contributed by atoms with Crippen molar-refractivity contribution in [3.05, 3.63) is 84.5 Å². The van der Waals surface area contributed by atoms with Crippen LogP contribution in [0.2, 0.25) is 0 Å². The summed E-state index contributed by atoms with van der Waals surface area (Å²) in [6.45, 7) is 9.95. The number of imide groups is 1. The second kappa shape index (κ2) is 11.2. The number of carbonyl (C=O) groups excluding carboxylic acids is 3. The SMILES string of the molecule is C=CCN(CC=C)C(=O)[C@H]1CCCN(c2cccc3c2C(=O)N(CCc2ccccc2OC)C3=O)C1. The maximum atomic E-state index is 13.5. The molecule has 188 valence electrons. The Morgan fingerprint density at radius 1 is 1.08 bits per heavy atom. The first-order valence-electron chi connectivity index (χ1n) is 12.4. The Labute approximate surface area is 212 Å². The molecule has 1 saturated heterocycles. The molecule has 0 spiro atoms. The Hall–Kier alpha value is -3.87. The van der Waals surface area contributed by atoms with Crippen LogP contribution in [-0.2, 0) is 11.2 Å². The molecular weight excluding hydrogens is 454 g/mol. The van der Waals surface area contributed by atoms with Gasteiger partial charge in [-0.15, -0.1) is 13.2 Å². The van der Waals surface area contributed by atoms with E-state index in [-0.39, 0.29) is 30.2 Å². The summed E-state index contributed by atoms with van der Waals surface area (Å²) in [5, 5.41) is 0. The van der Waals surface area contributed by atoms with E-state index >= 15 is 0 Å². The molecule has 2 heterocycles. The van der Waals surface area contributed by atoms with E-state index in [0.717, 1.165) is 36.4 Å². The summed E-state index contributed by atoms with van der Waals surface area (Å²) in [4.78, 5) is 45.0. The van der Waals surface area contributed by atoms with Crippen molar-refractivity contribution in [2.75, 3.05) is 44.7 Å². The van der Waals surface area contributed by atoms with E-state index in [4.69, 9.17) is 4.74 Å². The average molecular weight is 488 g/mol. The number of amides is 3. The van der Waals surface area contributed by atoms with E-state index in [0.29, 0.717) is 37.2 Å². The third kappa shape index (κ3) is 4.91. The van der Waals surface area contributed by atoms with Crippen LogP contribution in [0.3, 0.4) is 0 Å². The second-order valence-electron chi connectivity index (χ2n) is 9.13. The van der Waals surface area contributed by atoms with Gasteiger partial charge in [0.1, 0.15) is 5.75 Å². The third-order valence-electron chi connectivity index (χ3n) is 6.90. The number of nitrogens with zero attached hydrogens (tertiary/aromatic N) is 3. The van der Waals surface area contributed by atoms with Crippen LogP contribution in [0, 0.1) is 5.92 Å². The molecule has 0 unspecified atom stereocenters. The van der Waals surface area contributed by atoms with Crippen molar-refractivity contribution in [3.63, 3.8) is 0 Å². The molecular formula is C29H33N3O4. The Morgan fingerprint density at radius 2 is 1.83 bits per heavy atom. The second-order valence-corrected chi connectivity index (χ2v) is 9.13. The smallest absolute Gasteiger partial charge is 0.263 e. The molecule has 2 aromatic rings. The Bertz CT molecular complexity index is 1160. The van der Waals surface area contributed by atoms with Gasteiger partial charge in [-0.25, -0.2) is 0 Å². The molecule has 2 aliphatic heterocycles. The zero-order chi connectivity index (χ0) is 25.7. The highest BCUT2D eigenvalue weighted by Crippen LogP contribution is 2.34. The quantitative estimate of drug-likeness (QED) is 0.375. The van der Waals surface area contributed by atoms with Crippen molar-refractivity contribution >= 4 is 23.4 Å². The van der Waals surface area contributed by atoms with Crippen molar-refractivity contribution in [1.29, 1.82) is 0 Å². The normalized spacial score (nSPS) is 17.1. The number of hydrogen-bond donors (Lipinski definition) is 0. The van der Waals surface area contributed by atoms with E-state index in [1.807, 2.05) is 36.4 Å². The summed E-state index contributed by atoms with van der Waals surface area (Å²) in [6.07, 6.45) is 5.56. The van der Waals surface area contributed by atoms with Gasteiger partial charge in [-0.1, -0.05) is 36.4 Å². The minimum atomic E-state index is -0.283. The van der Waals surface area contributed by atoms with Gasteiger partial charge in [-0.05, 0) is 43.0 Å². The van der Waals surface area contributed by atoms with Gasteiger partial charge in [0.05, 0.1) is 29.8 Å². The van der Waals surface area contributed by atoms with Crippen LogP contribution < -0.4 is 9.64 Å². The monoisotopic (exact) mass is 487 g/mol. The van der Waals surface area contributed by atoms with Crippen molar-refractivity contribution < 1.29 is 19.1 Å². The van der Waals surface area contributed by atoms with E-state index in [1.165, 1.54) is 4.90 Å². The lowest BCUT2D eigenvalue weighted by Crippen LogP contribution is -2.45. The van der Waals surface area contributed by atoms with Gasteiger partial charge in [-0.3, -0.25) is 19.3 Å². The molecule has 2 aromatic carbocycles. The first-order chi connectivity index (χ1) is 17.5. The van der Waals surface area contributed by atoms with Gasteiger partial charge in [-0.2, -0.15) is 0 Å². The van der Waals surface area contributed by atoms with Crippen LogP contribution in [0.15, 0.2) is 67.8 Å². The first kappa shape index (κ1) is 25.2. The fourth-order valence-corrected chi connectivity index (χ4v) is 5.15. The summed E-state index contributed by atoms with van der Waals surface area (Å²) in [6, 6.07) is 13.0. The maximum Gasteiger partial charge on any atom is 0.263 e. The van der Waals surface area contributed by atoms with Crippen molar-refractivity contribution in [3.8, 4) is 5.75 Å². The summed E-state index contributed by atoms with van der Waals surface area (Å²) in [5.41, 5.74) is 2.52. The number of piperidine rings is 1. The Kier molecular flexibility index (Phi) is 7.88. The first-order valence-corrected chi connectivity index (χ1v) is 12.4. The van der Waals surface area contributed by atoms with Crippen molar-refractivity contribution in [1.82, 2.24) is 9.80 Å². The van der Waals surface area contributed by atoms with E-state index in [2.05, 4.69) is 18.1 Å². The molecule has 3 amide bonds. The number of rotatable bonds is 10. The van der Waals surface area contributed by atoms with Crippen LogP contribution in [0.1, 0.15) is 39.1 Å². The van der Waals surface area contributed by atoms with Gasteiger partial charge in [0.2, 0.25) is 5.91 Å². The molecule has 1 atom stereocenters. The molecule has 7 nitrogen and oxygen atoms in total. The molecule has 2 aliphatic rings. The van der Waals surface area contributed by atoms with Gasteiger partial charge in [0, 0.05) is 32.7 Å². The molecule has 0 aromatic heterocycles. The molecule has 1 fully saturated rings. The van der Waals surface area contributed by atoms with Gasteiger partial charge in [0.15, 0.2) is 0 Å². The Morgan fingerprint density at radius 3 is 2.56 bits per heavy atom. The molecule has 7 heteroatoms. The fraction of sp³-hybridized carbons (Fsp3) is 0.345. The lowest BCUT2D eigenvalue weighted by Gasteiger charge is -2.36. The predicted molar refractivity (Wildman–Crippen MR) is 140 cm³/mol. The molecule has 36 heavy (non-hydrogen) atoms. The highest BCUT2D eigenvalue weighted by molar-refractivity contribution is 6.23. The number of methoxy groups -OCH3 is 1. The summed E-state index contributed by atoms with van der Waals surface area (Å²) < 4.78 is 5.41. The highest BCUT2D eigenvalue weighted by atomic mass is 16.5. The number of para-hydroxylation sites is 1. The minimum absolute atomic E-state index is 0.0629. The maximum absolute atomic E-state index is 13.5. The molecule has 0 aliphatic carbocycles. The van der Waals surface area contributed by atoms with Crippen LogP contribution in [0.4, 0.5) is 5.69 Å². The number of benzene rings is 2. The van der Waals surface area contributed by atoms with Gasteiger partial charge < -0.3 is 14.5 Å². The third-order valence-corrected chi connectivity index (χ3v) is 6.90. The number of anilines is 1. The minimum Gasteiger partial charge on any atom is -0.496 e. The van der Waals surface area contributed by atoms with Gasteiger partial charge in [0.25, 0.3) is 11.8 Å². The van der Waals surface area contributed by atoms with Crippen LogP contribution in [0.25, 0.3) is 0 Å². The molecule has 0 N–H and O–H groups in total. The molecule has 0 saturated carbocycles. The predicted octanol–water partition coefficient (Wildman–Crippen LogP) is 3.95. The summed E-state index contributed by atoms with van der Waals surface area (Å²) in [5.74, 6) is 0.0467.